The van der Waals surface area contributed by atoms with E-state index < -0.39 is 0 Å². The van der Waals surface area contributed by atoms with Crippen molar-refractivity contribution in [1.82, 2.24) is 14.8 Å². The fraction of sp³-hybridized carbons (Fsp3) is 0.714. The van der Waals surface area contributed by atoms with Gasteiger partial charge in [-0.1, -0.05) is 37.8 Å². The number of rotatable bonds is 6. The predicted octanol–water partition coefficient (Wildman–Crippen LogP) is 2.44. The van der Waals surface area contributed by atoms with Crippen LogP contribution in [0.15, 0.2) is 17.3 Å². The van der Waals surface area contributed by atoms with Crippen LogP contribution >= 0.6 is 11.8 Å². The first-order valence-corrected chi connectivity index (χ1v) is 8.09. The summed E-state index contributed by atoms with van der Waals surface area (Å²) in [4.78, 5) is 2.27. The Labute approximate surface area is 125 Å². The van der Waals surface area contributed by atoms with Gasteiger partial charge in [-0.3, -0.25) is 4.57 Å². The Balaban J connectivity index is 2.19. The van der Waals surface area contributed by atoms with Crippen molar-refractivity contribution < 1.29 is 4.74 Å². The molecule has 0 aliphatic carbocycles. The van der Waals surface area contributed by atoms with Gasteiger partial charge >= 0.3 is 0 Å². The van der Waals surface area contributed by atoms with E-state index in [1.807, 2.05) is 6.92 Å². The number of anilines is 1. The maximum absolute atomic E-state index is 5.41. The zero-order valence-electron chi connectivity index (χ0n) is 12.6. The topological polar surface area (TPSA) is 43.2 Å². The van der Waals surface area contributed by atoms with Crippen molar-refractivity contribution in [1.29, 1.82) is 0 Å². The van der Waals surface area contributed by atoms with Gasteiger partial charge < -0.3 is 9.64 Å². The van der Waals surface area contributed by atoms with Gasteiger partial charge in [0.25, 0.3) is 0 Å². The second-order valence-electron chi connectivity index (χ2n) is 5.63. The largest absolute Gasteiger partial charge is 0.378 e. The smallest absolute Gasteiger partial charge is 0.228 e. The monoisotopic (exact) mass is 296 g/mol. The molecule has 0 aromatic carbocycles. The third-order valence-corrected chi connectivity index (χ3v) is 4.18. The van der Waals surface area contributed by atoms with E-state index in [4.69, 9.17) is 4.74 Å². The third kappa shape index (κ3) is 3.99. The zero-order chi connectivity index (χ0) is 14.5. The highest BCUT2D eigenvalue weighted by molar-refractivity contribution is 7.99. The zero-order valence-corrected chi connectivity index (χ0v) is 13.4. The lowest BCUT2D eigenvalue weighted by atomic mass is 10.2. The number of aromatic nitrogens is 3. The molecule has 5 nitrogen and oxygen atoms in total. The Hall–Kier alpha value is -1.01. The van der Waals surface area contributed by atoms with Crippen LogP contribution in [0.3, 0.4) is 0 Å². The summed E-state index contributed by atoms with van der Waals surface area (Å²) >= 11 is 1.71. The molecule has 1 aromatic rings. The average molecular weight is 296 g/mol. The van der Waals surface area contributed by atoms with Crippen molar-refractivity contribution in [3.63, 3.8) is 0 Å². The Bertz CT molecular complexity index is 452. The van der Waals surface area contributed by atoms with Crippen LogP contribution in [-0.4, -0.2) is 46.8 Å². The van der Waals surface area contributed by atoms with Gasteiger partial charge in [-0.2, -0.15) is 0 Å². The van der Waals surface area contributed by atoms with Crippen LogP contribution in [0, 0.1) is 5.92 Å². The van der Waals surface area contributed by atoms with Crippen LogP contribution in [-0.2, 0) is 11.3 Å². The molecule has 0 amide bonds. The summed E-state index contributed by atoms with van der Waals surface area (Å²) in [5.74, 6) is 2.43. The van der Waals surface area contributed by atoms with Gasteiger partial charge in [0.15, 0.2) is 5.16 Å². The van der Waals surface area contributed by atoms with Crippen LogP contribution in [0.2, 0.25) is 0 Å². The summed E-state index contributed by atoms with van der Waals surface area (Å²) in [7, 11) is 0. The van der Waals surface area contributed by atoms with Crippen molar-refractivity contribution in [2.75, 3.05) is 37.0 Å². The van der Waals surface area contributed by atoms with Crippen molar-refractivity contribution in [3.8, 4) is 0 Å². The molecule has 0 radical (unpaired) electrons. The van der Waals surface area contributed by atoms with E-state index in [9.17, 15) is 0 Å². The molecule has 0 bridgehead atoms. The fourth-order valence-electron chi connectivity index (χ4n) is 2.10. The van der Waals surface area contributed by atoms with Crippen molar-refractivity contribution in [2.45, 2.75) is 32.5 Å². The van der Waals surface area contributed by atoms with Gasteiger partial charge in [0.05, 0.1) is 13.2 Å². The molecular weight excluding hydrogens is 272 g/mol. The highest BCUT2D eigenvalue weighted by atomic mass is 32.2. The number of hydrogen-bond donors (Lipinski definition) is 0. The van der Waals surface area contributed by atoms with E-state index in [0.29, 0.717) is 5.92 Å². The second-order valence-corrected chi connectivity index (χ2v) is 6.57. The summed E-state index contributed by atoms with van der Waals surface area (Å²) in [6.45, 7) is 14.7. The lowest BCUT2D eigenvalue weighted by Gasteiger charge is -2.28. The van der Waals surface area contributed by atoms with Crippen LogP contribution in [0.4, 0.5) is 5.95 Å². The molecule has 0 atom stereocenters. The Morgan fingerprint density at radius 1 is 1.35 bits per heavy atom. The standard InChI is InChI=1S/C14H24N4OS/c1-11(2)9-18-13(17-5-7-19-8-6-17)15-16-14(18)20-10-12(3)4/h11H,3,5-10H2,1-2,4H3. The van der Waals surface area contributed by atoms with Crippen molar-refractivity contribution in [2.24, 2.45) is 5.92 Å². The van der Waals surface area contributed by atoms with Gasteiger partial charge in [0, 0.05) is 25.4 Å². The molecule has 2 heterocycles. The van der Waals surface area contributed by atoms with Gasteiger partial charge in [0.2, 0.25) is 5.95 Å². The number of thioether (sulfide) groups is 1. The SMILES string of the molecule is C=C(C)CSc1nnc(N2CCOCC2)n1CC(C)C. The van der Waals surface area contributed by atoms with E-state index in [2.05, 4.69) is 40.1 Å². The first kappa shape index (κ1) is 15.4. The lowest BCUT2D eigenvalue weighted by molar-refractivity contribution is 0.121. The molecule has 1 fully saturated rings. The minimum absolute atomic E-state index is 0.565. The number of morpholine rings is 1. The van der Waals surface area contributed by atoms with Crippen LogP contribution in [0.5, 0.6) is 0 Å². The molecule has 112 valence electrons. The minimum atomic E-state index is 0.565. The molecule has 1 aromatic heterocycles. The Morgan fingerprint density at radius 2 is 2.05 bits per heavy atom. The Kier molecular flexibility index (Phi) is 5.48. The fourth-order valence-corrected chi connectivity index (χ4v) is 2.88. The molecule has 2 rings (SSSR count). The van der Waals surface area contributed by atoms with Gasteiger partial charge in [0.1, 0.15) is 0 Å². The molecule has 6 heteroatoms. The molecule has 0 N–H and O–H groups in total. The average Bonchev–Trinajstić information content (AvgIpc) is 2.79. The highest BCUT2D eigenvalue weighted by Crippen LogP contribution is 2.25. The first-order chi connectivity index (χ1) is 9.58. The lowest BCUT2D eigenvalue weighted by Crippen LogP contribution is -2.38. The maximum Gasteiger partial charge on any atom is 0.228 e. The molecule has 0 saturated carbocycles. The molecule has 1 saturated heterocycles. The summed E-state index contributed by atoms with van der Waals surface area (Å²) in [5, 5.41) is 9.76. The normalized spacial score (nSPS) is 15.9. The number of ether oxygens (including phenoxy) is 1. The van der Waals surface area contributed by atoms with Crippen molar-refractivity contribution >= 4 is 17.7 Å². The van der Waals surface area contributed by atoms with Gasteiger partial charge in [-0.25, -0.2) is 0 Å². The number of nitrogens with zero attached hydrogens (tertiary/aromatic N) is 4. The maximum atomic E-state index is 5.41. The summed E-state index contributed by atoms with van der Waals surface area (Å²) in [6.07, 6.45) is 0. The molecule has 0 spiro atoms. The van der Waals surface area contributed by atoms with E-state index in [1.165, 1.54) is 0 Å². The van der Waals surface area contributed by atoms with Crippen LogP contribution in [0.1, 0.15) is 20.8 Å². The quantitative estimate of drug-likeness (QED) is 0.596. The molecule has 20 heavy (non-hydrogen) atoms. The van der Waals surface area contributed by atoms with E-state index >= 15 is 0 Å². The van der Waals surface area contributed by atoms with Gasteiger partial charge in [-0.05, 0) is 12.8 Å². The predicted molar refractivity (Wildman–Crippen MR) is 83.4 cm³/mol. The third-order valence-electron chi connectivity index (χ3n) is 2.99. The van der Waals surface area contributed by atoms with E-state index in [-0.39, 0.29) is 0 Å². The van der Waals surface area contributed by atoms with Crippen LogP contribution in [0.25, 0.3) is 0 Å². The summed E-state index contributed by atoms with van der Waals surface area (Å²) in [6, 6.07) is 0. The van der Waals surface area contributed by atoms with Gasteiger partial charge in [-0.15, -0.1) is 10.2 Å². The Morgan fingerprint density at radius 3 is 2.65 bits per heavy atom. The minimum Gasteiger partial charge on any atom is -0.378 e. The van der Waals surface area contributed by atoms with Crippen molar-refractivity contribution in [3.05, 3.63) is 12.2 Å². The van der Waals surface area contributed by atoms with E-state index in [0.717, 1.165) is 55.3 Å². The number of hydrogen-bond acceptors (Lipinski definition) is 5. The first-order valence-electron chi connectivity index (χ1n) is 7.11. The summed E-state index contributed by atoms with van der Waals surface area (Å²) in [5.41, 5.74) is 1.15. The molecule has 1 aliphatic rings. The second kappa shape index (κ2) is 7.13. The van der Waals surface area contributed by atoms with Crippen LogP contribution < -0.4 is 4.90 Å². The molecular formula is C14H24N4OS. The summed E-state index contributed by atoms with van der Waals surface area (Å²) < 4.78 is 7.65. The molecule has 1 aliphatic heterocycles. The van der Waals surface area contributed by atoms with E-state index in [1.54, 1.807) is 11.8 Å². The molecule has 0 unspecified atom stereocenters. The highest BCUT2D eigenvalue weighted by Gasteiger charge is 2.20.